The first kappa shape index (κ1) is 8.68. The maximum Gasteiger partial charge on any atom is 0.249 e. The summed E-state index contributed by atoms with van der Waals surface area (Å²) in [6, 6.07) is 3.20. The molecule has 0 spiro atoms. The lowest BCUT2D eigenvalue weighted by atomic mass is 10.2. The van der Waals surface area contributed by atoms with Crippen molar-refractivity contribution in [1.29, 1.82) is 0 Å². The van der Waals surface area contributed by atoms with E-state index in [1.165, 1.54) is 6.07 Å². The molecule has 0 aliphatic carbocycles. The second-order valence-electron chi connectivity index (χ2n) is 2.97. The number of anilines is 1. The van der Waals surface area contributed by atoms with Gasteiger partial charge in [0, 0.05) is 18.5 Å². The van der Waals surface area contributed by atoms with Crippen LogP contribution in [-0.2, 0) is 0 Å². The molecule has 2 heterocycles. The van der Waals surface area contributed by atoms with Gasteiger partial charge in [0.25, 0.3) is 0 Å². The molecule has 0 aromatic carbocycles. The predicted octanol–water partition coefficient (Wildman–Crippen LogP) is 0.668. The molecule has 14 heavy (non-hydrogen) atoms. The Kier molecular flexibility index (Phi) is 1.92. The molecule has 0 saturated carbocycles. The highest BCUT2D eigenvalue weighted by Crippen LogP contribution is 2.12. The van der Waals surface area contributed by atoms with E-state index >= 15 is 0 Å². The number of pyridine rings is 1. The van der Waals surface area contributed by atoms with Crippen LogP contribution in [0.1, 0.15) is 5.69 Å². The highest BCUT2D eigenvalue weighted by Gasteiger charge is 2.02. The SMILES string of the molecule is CNc1nc(C)c2ccc(=O)[nH]c2n1. The predicted molar refractivity (Wildman–Crippen MR) is 54.4 cm³/mol. The van der Waals surface area contributed by atoms with Crippen LogP contribution in [-0.4, -0.2) is 22.0 Å². The van der Waals surface area contributed by atoms with Gasteiger partial charge in [0.1, 0.15) is 5.65 Å². The minimum absolute atomic E-state index is 0.155. The molecule has 5 nitrogen and oxygen atoms in total. The van der Waals surface area contributed by atoms with E-state index in [1.807, 2.05) is 6.92 Å². The molecule has 2 N–H and O–H groups in total. The van der Waals surface area contributed by atoms with Crippen molar-refractivity contribution in [3.05, 3.63) is 28.2 Å². The maximum absolute atomic E-state index is 11.1. The molecule has 0 amide bonds. The van der Waals surface area contributed by atoms with Crippen LogP contribution >= 0.6 is 0 Å². The van der Waals surface area contributed by atoms with Gasteiger partial charge in [-0.1, -0.05) is 0 Å². The fourth-order valence-electron chi connectivity index (χ4n) is 1.31. The average molecular weight is 190 g/mol. The van der Waals surface area contributed by atoms with Crippen LogP contribution in [0.25, 0.3) is 11.0 Å². The summed E-state index contributed by atoms with van der Waals surface area (Å²) in [7, 11) is 1.74. The number of H-pyrrole nitrogens is 1. The van der Waals surface area contributed by atoms with Crippen LogP contribution in [0.5, 0.6) is 0 Å². The molecular weight excluding hydrogens is 180 g/mol. The number of aromatic nitrogens is 3. The molecule has 2 aromatic heterocycles. The van der Waals surface area contributed by atoms with Gasteiger partial charge in [0.15, 0.2) is 0 Å². The Labute approximate surface area is 80.2 Å². The van der Waals surface area contributed by atoms with Crippen LogP contribution in [0, 0.1) is 6.92 Å². The molecule has 2 rings (SSSR count). The molecule has 5 heteroatoms. The fraction of sp³-hybridized carbons (Fsp3) is 0.222. The summed E-state index contributed by atoms with van der Waals surface area (Å²) in [5.74, 6) is 0.511. The van der Waals surface area contributed by atoms with Gasteiger partial charge in [0.2, 0.25) is 11.5 Å². The third-order valence-corrected chi connectivity index (χ3v) is 2.00. The molecule has 0 atom stereocenters. The number of hydrogen-bond acceptors (Lipinski definition) is 4. The number of fused-ring (bicyclic) bond motifs is 1. The largest absolute Gasteiger partial charge is 0.357 e. The lowest BCUT2D eigenvalue weighted by Gasteiger charge is -2.03. The molecule has 2 aromatic rings. The van der Waals surface area contributed by atoms with E-state index in [9.17, 15) is 4.79 Å². The lowest BCUT2D eigenvalue weighted by Crippen LogP contribution is -2.07. The number of nitrogens with zero attached hydrogens (tertiary/aromatic N) is 2. The molecule has 0 aliphatic heterocycles. The summed E-state index contributed by atoms with van der Waals surface area (Å²) < 4.78 is 0. The summed E-state index contributed by atoms with van der Waals surface area (Å²) in [6.45, 7) is 1.88. The number of hydrogen-bond donors (Lipinski definition) is 2. The second kappa shape index (κ2) is 3.10. The minimum Gasteiger partial charge on any atom is -0.357 e. The van der Waals surface area contributed by atoms with Gasteiger partial charge in [-0.15, -0.1) is 0 Å². The fourth-order valence-corrected chi connectivity index (χ4v) is 1.31. The van der Waals surface area contributed by atoms with Crippen molar-refractivity contribution >= 4 is 17.0 Å². The number of nitrogens with one attached hydrogen (secondary N) is 2. The van der Waals surface area contributed by atoms with E-state index in [1.54, 1.807) is 13.1 Å². The van der Waals surface area contributed by atoms with E-state index in [0.717, 1.165) is 11.1 Å². The summed E-state index contributed by atoms with van der Waals surface area (Å²) in [5.41, 5.74) is 1.25. The van der Waals surface area contributed by atoms with Crippen LogP contribution < -0.4 is 10.9 Å². The van der Waals surface area contributed by atoms with Crippen molar-refractivity contribution < 1.29 is 0 Å². The van der Waals surface area contributed by atoms with Gasteiger partial charge < -0.3 is 10.3 Å². The summed E-state index contributed by atoms with van der Waals surface area (Å²) >= 11 is 0. The number of aromatic amines is 1. The number of rotatable bonds is 1. The zero-order valence-corrected chi connectivity index (χ0v) is 7.96. The Morgan fingerprint density at radius 3 is 2.86 bits per heavy atom. The minimum atomic E-state index is -0.155. The molecule has 0 bridgehead atoms. The Hall–Kier alpha value is -1.91. The summed E-state index contributed by atoms with van der Waals surface area (Å²) in [6.07, 6.45) is 0. The third-order valence-electron chi connectivity index (χ3n) is 2.00. The van der Waals surface area contributed by atoms with Gasteiger partial charge in [-0.05, 0) is 13.0 Å². The molecule has 0 unspecified atom stereocenters. The standard InChI is InChI=1S/C9H10N4O/c1-5-6-3-4-7(14)12-8(6)13-9(10-2)11-5/h3-4H,1-2H3,(H2,10,11,12,13,14). The van der Waals surface area contributed by atoms with Crippen molar-refractivity contribution in [2.45, 2.75) is 6.92 Å². The summed E-state index contributed by atoms with van der Waals surface area (Å²) in [5, 5.41) is 3.70. The van der Waals surface area contributed by atoms with Crippen LogP contribution in [0.4, 0.5) is 5.95 Å². The molecule has 0 saturated heterocycles. The quantitative estimate of drug-likeness (QED) is 0.693. The molecule has 0 aliphatic rings. The highest BCUT2D eigenvalue weighted by molar-refractivity contribution is 5.77. The van der Waals surface area contributed by atoms with Gasteiger partial charge in [-0.3, -0.25) is 4.79 Å². The van der Waals surface area contributed by atoms with Crippen molar-refractivity contribution in [2.75, 3.05) is 12.4 Å². The van der Waals surface area contributed by atoms with Crippen molar-refractivity contribution in [3.8, 4) is 0 Å². The first-order valence-corrected chi connectivity index (χ1v) is 4.26. The zero-order valence-electron chi connectivity index (χ0n) is 7.96. The Bertz CT molecular complexity index is 532. The normalized spacial score (nSPS) is 10.4. The molecule has 0 radical (unpaired) electrons. The lowest BCUT2D eigenvalue weighted by molar-refractivity contribution is 1.11. The van der Waals surface area contributed by atoms with Crippen LogP contribution in [0.3, 0.4) is 0 Å². The van der Waals surface area contributed by atoms with E-state index < -0.39 is 0 Å². The highest BCUT2D eigenvalue weighted by atomic mass is 16.1. The smallest absolute Gasteiger partial charge is 0.249 e. The van der Waals surface area contributed by atoms with Gasteiger partial charge in [-0.25, -0.2) is 4.98 Å². The topological polar surface area (TPSA) is 70.7 Å². The van der Waals surface area contributed by atoms with Crippen LogP contribution in [0.15, 0.2) is 16.9 Å². The molecule has 72 valence electrons. The number of aryl methyl sites for hydroxylation is 1. The maximum atomic E-state index is 11.1. The van der Waals surface area contributed by atoms with Crippen LogP contribution in [0.2, 0.25) is 0 Å². The zero-order chi connectivity index (χ0) is 10.1. The first-order valence-electron chi connectivity index (χ1n) is 4.26. The Morgan fingerprint density at radius 2 is 2.14 bits per heavy atom. The second-order valence-corrected chi connectivity index (χ2v) is 2.97. The van der Waals surface area contributed by atoms with E-state index in [4.69, 9.17) is 0 Å². The summed E-state index contributed by atoms with van der Waals surface area (Å²) in [4.78, 5) is 22.1. The van der Waals surface area contributed by atoms with Gasteiger partial charge in [0.05, 0.1) is 5.69 Å². The van der Waals surface area contributed by atoms with E-state index in [-0.39, 0.29) is 5.56 Å². The van der Waals surface area contributed by atoms with E-state index in [0.29, 0.717) is 11.6 Å². The monoisotopic (exact) mass is 190 g/mol. The van der Waals surface area contributed by atoms with Crippen molar-refractivity contribution in [2.24, 2.45) is 0 Å². The molecular formula is C9H10N4O. The van der Waals surface area contributed by atoms with Gasteiger partial charge >= 0.3 is 0 Å². The Balaban J connectivity index is 2.83. The van der Waals surface area contributed by atoms with Crippen molar-refractivity contribution in [3.63, 3.8) is 0 Å². The van der Waals surface area contributed by atoms with E-state index in [2.05, 4.69) is 20.3 Å². The molecule has 0 fully saturated rings. The Morgan fingerprint density at radius 1 is 1.36 bits per heavy atom. The van der Waals surface area contributed by atoms with Crippen molar-refractivity contribution in [1.82, 2.24) is 15.0 Å². The first-order chi connectivity index (χ1) is 6.70. The average Bonchev–Trinajstić information content (AvgIpc) is 2.16. The third kappa shape index (κ3) is 1.32. The van der Waals surface area contributed by atoms with Gasteiger partial charge in [-0.2, -0.15) is 4.98 Å².